The van der Waals surface area contributed by atoms with E-state index in [-0.39, 0.29) is 30.1 Å². The summed E-state index contributed by atoms with van der Waals surface area (Å²) in [5.41, 5.74) is 2.08. The Morgan fingerprint density at radius 1 is 1.07 bits per heavy atom. The van der Waals surface area contributed by atoms with Gasteiger partial charge in [0, 0.05) is 55.4 Å². The Morgan fingerprint density at radius 2 is 1.90 bits per heavy atom. The SMILES string of the molecule is CC1(C)CCc2c(cc(OCC(=O)N3C[C@H]4C[C@@H](C3)[C@H]3CCCC(=O)N3C4)c3c(-c4ccccc4)cc(=O)oc23)O1. The number of fused-ring (bicyclic) bond motifs is 7. The number of piperidine rings is 3. The van der Waals surface area contributed by atoms with Crippen LogP contribution < -0.4 is 15.1 Å². The summed E-state index contributed by atoms with van der Waals surface area (Å²) in [6.07, 6.45) is 5.16. The van der Waals surface area contributed by atoms with Crippen molar-refractivity contribution in [2.24, 2.45) is 11.8 Å². The van der Waals surface area contributed by atoms with Crippen LogP contribution in [0.15, 0.2) is 51.7 Å². The molecule has 8 nitrogen and oxygen atoms in total. The number of hydrogen-bond donors (Lipinski definition) is 0. The number of carbonyl (C=O) groups excluding carboxylic acids is 2. The number of rotatable bonds is 4. The third-order valence-corrected chi connectivity index (χ3v) is 9.37. The summed E-state index contributed by atoms with van der Waals surface area (Å²) in [7, 11) is 0. The van der Waals surface area contributed by atoms with Gasteiger partial charge in [-0.2, -0.15) is 0 Å². The number of aryl methyl sites for hydroxylation is 1. The molecule has 2 amide bonds. The molecule has 1 aromatic heterocycles. The molecular weight excluding hydrogens is 520 g/mol. The van der Waals surface area contributed by atoms with E-state index in [1.54, 1.807) is 0 Å². The van der Waals surface area contributed by atoms with Crippen molar-refractivity contribution in [2.45, 2.75) is 64.0 Å². The molecule has 4 aliphatic heterocycles. The predicted molar refractivity (Wildman–Crippen MR) is 154 cm³/mol. The molecule has 0 spiro atoms. The maximum atomic E-state index is 13.6. The minimum atomic E-state index is -0.438. The zero-order valence-electron chi connectivity index (χ0n) is 23.7. The van der Waals surface area contributed by atoms with E-state index in [0.29, 0.717) is 65.8 Å². The standard InChI is InChI=1S/C33H36N2O6/c1-33(2)12-11-23-26(41-33)15-27(31-24(14-30(38)40-32(23)31)21-7-4-3-5-8-21)39-19-29(37)34-16-20-13-22(18-34)25-9-6-10-28(36)35(25)17-20/h3-5,7-8,14-15,20,22,25H,6,9-13,16-19H2,1-2H3/t20-,22+,25-/m1/s1. The lowest BCUT2D eigenvalue weighted by molar-refractivity contribution is -0.149. The van der Waals surface area contributed by atoms with Crippen LogP contribution in [0.3, 0.4) is 0 Å². The van der Waals surface area contributed by atoms with Gasteiger partial charge in [0.25, 0.3) is 5.91 Å². The Morgan fingerprint density at radius 3 is 2.73 bits per heavy atom. The third-order valence-electron chi connectivity index (χ3n) is 9.37. The highest BCUT2D eigenvalue weighted by atomic mass is 16.5. The molecule has 3 fully saturated rings. The summed E-state index contributed by atoms with van der Waals surface area (Å²) >= 11 is 0. The molecule has 4 aliphatic rings. The number of hydrogen-bond acceptors (Lipinski definition) is 6. The van der Waals surface area contributed by atoms with E-state index in [9.17, 15) is 14.4 Å². The number of benzene rings is 2. The number of nitrogens with zero attached hydrogens (tertiary/aromatic N) is 2. The quantitative estimate of drug-likeness (QED) is 0.429. The van der Waals surface area contributed by atoms with Crippen molar-refractivity contribution in [1.29, 1.82) is 0 Å². The van der Waals surface area contributed by atoms with Gasteiger partial charge in [-0.3, -0.25) is 9.59 Å². The van der Waals surface area contributed by atoms with Crippen molar-refractivity contribution in [3.8, 4) is 22.6 Å². The van der Waals surface area contributed by atoms with Crippen LogP contribution >= 0.6 is 0 Å². The second-order valence-corrected chi connectivity index (χ2v) is 12.7. The van der Waals surface area contributed by atoms with Crippen LogP contribution in [-0.4, -0.2) is 59.5 Å². The maximum absolute atomic E-state index is 13.6. The maximum Gasteiger partial charge on any atom is 0.336 e. The Labute approximate surface area is 239 Å². The van der Waals surface area contributed by atoms with E-state index in [0.717, 1.165) is 43.4 Å². The molecule has 0 aliphatic carbocycles. The van der Waals surface area contributed by atoms with Gasteiger partial charge < -0.3 is 23.7 Å². The van der Waals surface area contributed by atoms with Gasteiger partial charge in [-0.1, -0.05) is 30.3 Å². The van der Waals surface area contributed by atoms with E-state index in [2.05, 4.69) is 4.90 Å². The second kappa shape index (κ2) is 9.93. The largest absolute Gasteiger partial charge is 0.487 e. The lowest BCUT2D eigenvalue weighted by Crippen LogP contribution is -2.61. The third kappa shape index (κ3) is 4.77. The highest BCUT2D eigenvalue weighted by Crippen LogP contribution is 2.45. The van der Waals surface area contributed by atoms with Gasteiger partial charge >= 0.3 is 5.63 Å². The average Bonchev–Trinajstić information content (AvgIpc) is 2.95. The van der Waals surface area contributed by atoms with Crippen molar-refractivity contribution in [3.05, 3.63) is 58.4 Å². The molecule has 0 saturated carbocycles. The van der Waals surface area contributed by atoms with Crippen molar-refractivity contribution in [3.63, 3.8) is 0 Å². The van der Waals surface area contributed by atoms with Gasteiger partial charge in [-0.05, 0) is 63.4 Å². The van der Waals surface area contributed by atoms with E-state index in [1.807, 2.05) is 55.1 Å². The molecule has 0 N–H and O–H groups in total. The van der Waals surface area contributed by atoms with Gasteiger partial charge in [-0.15, -0.1) is 0 Å². The van der Waals surface area contributed by atoms with Crippen LogP contribution in [-0.2, 0) is 16.0 Å². The van der Waals surface area contributed by atoms with Gasteiger partial charge in [0.2, 0.25) is 5.91 Å². The first-order valence-electron chi connectivity index (χ1n) is 14.8. The monoisotopic (exact) mass is 556 g/mol. The molecule has 3 aromatic rings. The van der Waals surface area contributed by atoms with Crippen LogP contribution in [0.5, 0.6) is 11.5 Å². The van der Waals surface area contributed by atoms with Crippen LogP contribution in [0.1, 0.15) is 51.5 Å². The van der Waals surface area contributed by atoms with Gasteiger partial charge in [0.15, 0.2) is 6.61 Å². The Bertz CT molecular complexity index is 1580. The van der Waals surface area contributed by atoms with Gasteiger partial charge in [0.05, 0.1) is 5.39 Å². The molecule has 8 heteroatoms. The molecular formula is C33H36N2O6. The molecule has 7 rings (SSSR count). The van der Waals surface area contributed by atoms with Crippen molar-refractivity contribution < 1.29 is 23.5 Å². The first kappa shape index (κ1) is 26.1. The zero-order chi connectivity index (χ0) is 28.3. The van der Waals surface area contributed by atoms with Crippen LogP contribution in [0.2, 0.25) is 0 Å². The Hall–Kier alpha value is -3.81. The van der Waals surface area contributed by atoms with E-state index in [1.165, 1.54) is 6.07 Å². The van der Waals surface area contributed by atoms with Crippen LogP contribution in [0, 0.1) is 11.8 Å². The highest BCUT2D eigenvalue weighted by molar-refractivity contribution is 6.00. The number of ether oxygens (including phenoxy) is 2. The lowest BCUT2D eigenvalue weighted by atomic mass is 9.76. The number of carbonyl (C=O) groups is 2. The summed E-state index contributed by atoms with van der Waals surface area (Å²) in [5, 5.41) is 0.678. The summed E-state index contributed by atoms with van der Waals surface area (Å²) in [6, 6.07) is 13.3. The average molecular weight is 557 g/mol. The fourth-order valence-electron chi connectivity index (χ4n) is 7.45. The van der Waals surface area contributed by atoms with Crippen molar-refractivity contribution in [1.82, 2.24) is 9.80 Å². The summed E-state index contributed by atoms with van der Waals surface area (Å²) in [6.45, 7) is 5.98. The number of amides is 2. The van der Waals surface area contributed by atoms with Crippen LogP contribution in [0.25, 0.3) is 22.1 Å². The zero-order valence-corrected chi connectivity index (χ0v) is 23.7. The molecule has 3 atom stereocenters. The Kier molecular flexibility index (Phi) is 6.32. The second-order valence-electron chi connectivity index (χ2n) is 12.7. The van der Waals surface area contributed by atoms with Gasteiger partial charge in [-0.25, -0.2) is 4.79 Å². The topological polar surface area (TPSA) is 89.3 Å². The molecule has 214 valence electrons. The van der Waals surface area contributed by atoms with Gasteiger partial charge in [0.1, 0.15) is 22.7 Å². The fraction of sp³-hybridized carbons (Fsp3) is 0.485. The van der Waals surface area contributed by atoms with Crippen molar-refractivity contribution >= 4 is 22.8 Å². The smallest absolute Gasteiger partial charge is 0.336 e. The van der Waals surface area contributed by atoms with E-state index in [4.69, 9.17) is 13.9 Å². The molecule has 2 bridgehead atoms. The Balaban J connectivity index is 1.21. The van der Waals surface area contributed by atoms with E-state index >= 15 is 0 Å². The molecule has 0 radical (unpaired) electrons. The molecule has 2 aromatic carbocycles. The minimum Gasteiger partial charge on any atom is -0.487 e. The van der Waals surface area contributed by atoms with E-state index < -0.39 is 5.63 Å². The molecule has 5 heterocycles. The fourth-order valence-corrected chi connectivity index (χ4v) is 7.45. The first-order chi connectivity index (χ1) is 19.8. The number of likely N-dealkylation sites (tertiary alicyclic amines) is 1. The minimum absolute atomic E-state index is 0.0685. The molecule has 41 heavy (non-hydrogen) atoms. The molecule has 3 saturated heterocycles. The first-order valence-corrected chi connectivity index (χ1v) is 14.8. The summed E-state index contributed by atoms with van der Waals surface area (Å²) in [4.78, 5) is 42.9. The lowest BCUT2D eigenvalue weighted by Gasteiger charge is -2.52. The van der Waals surface area contributed by atoms with Crippen LogP contribution in [0.4, 0.5) is 0 Å². The van der Waals surface area contributed by atoms with Crippen molar-refractivity contribution in [2.75, 3.05) is 26.2 Å². The summed E-state index contributed by atoms with van der Waals surface area (Å²) in [5.74, 6) is 1.91. The summed E-state index contributed by atoms with van der Waals surface area (Å²) < 4.78 is 18.5. The normalized spacial score (nSPS) is 24.8. The molecule has 0 unspecified atom stereocenters. The highest BCUT2D eigenvalue weighted by Gasteiger charge is 2.45. The predicted octanol–water partition coefficient (Wildman–Crippen LogP) is 4.80.